The van der Waals surface area contributed by atoms with Crippen molar-refractivity contribution < 1.29 is 19.1 Å². The molecule has 2 fully saturated rings. The lowest BCUT2D eigenvalue weighted by Crippen LogP contribution is -2.53. The molecule has 0 radical (unpaired) electrons. The lowest BCUT2D eigenvalue weighted by molar-refractivity contribution is -0.131. The van der Waals surface area contributed by atoms with Crippen LogP contribution in [0.4, 0.5) is 14.9 Å². The molecule has 2 aliphatic heterocycles. The van der Waals surface area contributed by atoms with E-state index < -0.39 is 6.09 Å². The zero-order chi connectivity index (χ0) is 24.1. The number of anilines is 1. The number of carbonyl (C=O) groups excluding carboxylic acids is 1. The van der Waals surface area contributed by atoms with E-state index in [1.165, 1.54) is 17.0 Å². The molecule has 0 aliphatic carbocycles. The quantitative estimate of drug-likeness (QED) is 0.677. The zero-order valence-corrected chi connectivity index (χ0v) is 19.6. The van der Waals surface area contributed by atoms with E-state index in [1.54, 1.807) is 6.07 Å². The predicted molar refractivity (Wildman–Crippen MR) is 129 cm³/mol. The summed E-state index contributed by atoms with van der Waals surface area (Å²) < 4.78 is 13.4. The number of rotatable bonds is 6. The number of likely N-dealkylation sites (tertiary alicyclic amines) is 1. The van der Waals surface area contributed by atoms with Gasteiger partial charge >= 0.3 is 6.09 Å². The summed E-state index contributed by atoms with van der Waals surface area (Å²) in [6.07, 6.45) is 1.22. The van der Waals surface area contributed by atoms with Gasteiger partial charge in [0.05, 0.1) is 6.42 Å². The number of piperidine rings is 1. The third-order valence-electron chi connectivity index (χ3n) is 6.78. The fourth-order valence-electron chi connectivity index (χ4n) is 4.86. The maximum atomic E-state index is 13.4. The second-order valence-corrected chi connectivity index (χ2v) is 9.36. The van der Waals surface area contributed by atoms with Crippen molar-refractivity contribution in [3.63, 3.8) is 0 Å². The number of carboxylic acid groups (broad SMARTS) is 1. The molecule has 0 spiro atoms. The van der Waals surface area contributed by atoms with Gasteiger partial charge in [0.1, 0.15) is 5.82 Å². The van der Waals surface area contributed by atoms with Gasteiger partial charge in [0, 0.05) is 57.0 Å². The molecular weight excluding hydrogens is 435 g/mol. The predicted octanol–water partition coefficient (Wildman–Crippen LogP) is 3.66. The number of carbonyl (C=O) groups is 2. The van der Waals surface area contributed by atoms with E-state index in [2.05, 4.69) is 22.3 Å². The highest BCUT2D eigenvalue weighted by atomic mass is 19.1. The van der Waals surface area contributed by atoms with Crippen LogP contribution in [0.15, 0.2) is 48.5 Å². The van der Waals surface area contributed by atoms with Crippen LogP contribution in [0, 0.1) is 5.82 Å². The highest BCUT2D eigenvalue weighted by molar-refractivity contribution is 5.79. The summed E-state index contributed by atoms with van der Waals surface area (Å²) in [7, 11) is 0. The van der Waals surface area contributed by atoms with Crippen molar-refractivity contribution in [2.75, 3.05) is 38.0 Å². The van der Waals surface area contributed by atoms with Crippen molar-refractivity contribution >= 4 is 17.7 Å². The van der Waals surface area contributed by atoms with Gasteiger partial charge in [0.15, 0.2) is 0 Å². The van der Waals surface area contributed by atoms with Gasteiger partial charge < -0.3 is 20.2 Å². The number of amides is 2. The lowest BCUT2D eigenvalue weighted by atomic mass is 10.0. The van der Waals surface area contributed by atoms with E-state index in [9.17, 15) is 19.1 Å². The molecule has 2 aromatic rings. The Balaban J connectivity index is 1.21. The summed E-state index contributed by atoms with van der Waals surface area (Å²) in [5.41, 5.74) is 2.94. The van der Waals surface area contributed by atoms with Gasteiger partial charge in [-0.15, -0.1) is 0 Å². The second kappa shape index (κ2) is 10.9. The molecule has 4 rings (SSSR count). The normalized spacial score (nSPS) is 19.8. The van der Waals surface area contributed by atoms with Crippen LogP contribution in [0.25, 0.3) is 0 Å². The van der Waals surface area contributed by atoms with Crippen LogP contribution < -0.4 is 5.32 Å². The molecule has 34 heavy (non-hydrogen) atoms. The van der Waals surface area contributed by atoms with E-state index in [0.29, 0.717) is 26.1 Å². The highest BCUT2D eigenvalue weighted by Crippen LogP contribution is 2.19. The van der Waals surface area contributed by atoms with E-state index in [-0.39, 0.29) is 23.8 Å². The smallest absolute Gasteiger partial charge is 0.407 e. The van der Waals surface area contributed by atoms with Gasteiger partial charge in [0.25, 0.3) is 0 Å². The summed E-state index contributed by atoms with van der Waals surface area (Å²) in [6, 6.07) is 14.9. The van der Waals surface area contributed by atoms with Crippen molar-refractivity contribution in [1.82, 2.24) is 14.7 Å². The Kier molecular flexibility index (Phi) is 7.67. The third-order valence-corrected chi connectivity index (χ3v) is 6.78. The number of nitrogens with one attached hydrogen (secondary N) is 1. The molecule has 2 aliphatic rings. The Morgan fingerprint density at radius 2 is 1.74 bits per heavy atom. The second-order valence-electron chi connectivity index (χ2n) is 9.36. The number of halogens is 1. The monoisotopic (exact) mass is 468 g/mol. The molecule has 2 saturated heterocycles. The molecule has 2 amide bonds. The van der Waals surface area contributed by atoms with Crippen LogP contribution in [0.2, 0.25) is 0 Å². The molecule has 182 valence electrons. The standard InChI is InChI=1S/C26H33FN4O3/c1-19-17-29(13-14-31(19)26(33)34)18-21-7-5-20(6-8-21)15-25(32)30-11-9-23(10-12-30)28-24-4-2-3-22(27)16-24/h2-8,16,19,23,28H,9-15,17-18H2,1H3,(H,33,34)/t19-/m0/s1. The maximum absolute atomic E-state index is 13.4. The summed E-state index contributed by atoms with van der Waals surface area (Å²) in [5.74, 6) is -0.116. The van der Waals surface area contributed by atoms with Crippen molar-refractivity contribution in [3.05, 3.63) is 65.5 Å². The van der Waals surface area contributed by atoms with Gasteiger partial charge in [-0.3, -0.25) is 9.69 Å². The van der Waals surface area contributed by atoms with Gasteiger partial charge in [-0.2, -0.15) is 0 Å². The molecule has 0 bridgehead atoms. The van der Waals surface area contributed by atoms with E-state index in [4.69, 9.17) is 0 Å². The van der Waals surface area contributed by atoms with Crippen molar-refractivity contribution in [1.29, 1.82) is 0 Å². The molecule has 8 heteroatoms. The molecule has 7 nitrogen and oxygen atoms in total. The van der Waals surface area contributed by atoms with Crippen LogP contribution in [-0.4, -0.2) is 76.6 Å². The molecule has 2 aromatic carbocycles. The number of hydrogen-bond donors (Lipinski definition) is 2. The Labute approximate surface area is 200 Å². The molecule has 0 unspecified atom stereocenters. The molecule has 2 N–H and O–H groups in total. The number of hydrogen-bond acceptors (Lipinski definition) is 4. The summed E-state index contributed by atoms with van der Waals surface area (Å²) >= 11 is 0. The first-order chi connectivity index (χ1) is 16.4. The Morgan fingerprint density at radius 3 is 2.38 bits per heavy atom. The first-order valence-corrected chi connectivity index (χ1v) is 12.0. The highest BCUT2D eigenvalue weighted by Gasteiger charge is 2.27. The third kappa shape index (κ3) is 6.26. The molecule has 1 atom stereocenters. The van der Waals surface area contributed by atoms with Gasteiger partial charge in [-0.05, 0) is 49.1 Å². The largest absolute Gasteiger partial charge is 0.465 e. The molecular formula is C26H33FN4O3. The lowest BCUT2D eigenvalue weighted by Gasteiger charge is -2.38. The van der Waals surface area contributed by atoms with Crippen LogP contribution in [0.1, 0.15) is 30.9 Å². The summed E-state index contributed by atoms with van der Waals surface area (Å²) in [4.78, 5) is 29.7. The van der Waals surface area contributed by atoms with E-state index in [0.717, 1.165) is 49.3 Å². The summed E-state index contributed by atoms with van der Waals surface area (Å²) in [5, 5.41) is 12.6. The zero-order valence-electron chi connectivity index (χ0n) is 19.6. The Hall–Kier alpha value is -3.13. The molecule has 0 aromatic heterocycles. The fourth-order valence-corrected chi connectivity index (χ4v) is 4.86. The van der Waals surface area contributed by atoms with Gasteiger partial charge in [0.2, 0.25) is 5.91 Å². The van der Waals surface area contributed by atoms with Crippen LogP contribution in [-0.2, 0) is 17.8 Å². The average Bonchev–Trinajstić information content (AvgIpc) is 2.81. The van der Waals surface area contributed by atoms with Crippen LogP contribution >= 0.6 is 0 Å². The number of piperazine rings is 1. The Bertz CT molecular complexity index is 992. The topological polar surface area (TPSA) is 76.1 Å². The maximum Gasteiger partial charge on any atom is 0.407 e. The fraction of sp³-hybridized carbons (Fsp3) is 0.462. The Morgan fingerprint density at radius 1 is 1.03 bits per heavy atom. The SMILES string of the molecule is C[C@H]1CN(Cc2ccc(CC(=O)N3CCC(Nc4cccc(F)c4)CC3)cc2)CCN1C(=O)O. The van der Waals surface area contributed by atoms with Gasteiger partial charge in [-0.25, -0.2) is 9.18 Å². The van der Waals surface area contributed by atoms with Crippen LogP contribution in [0.5, 0.6) is 0 Å². The average molecular weight is 469 g/mol. The number of benzene rings is 2. The number of nitrogens with zero attached hydrogens (tertiary/aromatic N) is 3. The van der Waals surface area contributed by atoms with Crippen molar-refractivity contribution in [2.24, 2.45) is 0 Å². The molecule has 2 heterocycles. The summed E-state index contributed by atoms with van der Waals surface area (Å²) in [6.45, 7) is 6.08. The van der Waals surface area contributed by atoms with E-state index in [1.807, 2.05) is 30.0 Å². The minimum atomic E-state index is -0.853. The minimum absolute atomic E-state index is 0.0173. The molecule has 0 saturated carbocycles. The first-order valence-electron chi connectivity index (χ1n) is 12.0. The van der Waals surface area contributed by atoms with Gasteiger partial charge in [-0.1, -0.05) is 30.3 Å². The minimum Gasteiger partial charge on any atom is -0.465 e. The first kappa shape index (κ1) is 24.0. The van der Waals surface area contributed by atoms with Crippen LogP contribution in [0.3, 0.4) is 0 Å². The van der Waals surface area contributed by atoms with Crippen molar-refractivity contribution in [2.45, 2.75) is 44.8 Å². The van der Waals surface area contributed by atoms with E-state index >= 15 is 0 Å². The van der Waals surface area contributed by atoms with Crippen molar-refractivity contribution in [3.8, 4) is 0 Å².